The minimum atomic E-state index is 0.225. The highest BCUT2D eigenvalue weighted by atomic mass is 32.2. The van der Waals surface area contributed by atoms with E-state index in [1.54, 1.807) is 11.8 Å². The van der Waals surface area contributed by atoms with Crippen LogP contribution in [-0.4, -0.2) is 11.8 Å². The van der Waals surface area contributed by atoms with Gasteiger partial charge in [0, 0.05) is 16.7 Å². The highest BCUT2D eigenvalue weighted by molar-refractivity contribution is 7.99. The van der Waals surface area contributed by atoms with Crippen molar-refractivity contribution in [2.45, 2.75) is 17.4 Å². The van der Waals surface area contributed by atoms with E-state index in [0.717, 1.165) is 12.2 Å². The van der Waals surface area contributed by atoms with E-state index < -0.39 is 0 Å². The van der Waals surface area contributed by atoms with Gasteiger partial charge in [-0.25, -0.2) is 0 Å². The first-order chi connectivity index (χ1) is 6.33. The number of thioether (sulfide) groups is 1. The van der Waals surface area contributed by atoms with Crippen LogP contribution in [0.3, 0.4) is 0 Å². The molecule has 13 heavy (non-hydrogen) atoms. The van der Waals surface area contributed by atoms with Crippen molar-refractivity contribution >= 4 is 11.8 Å². The average molecular weight is 193 g/mol. The molecule has 0 fully saturated rings. The fourth-order valence-corrected chi connectivity index (χ4v) is 1.89. The van der Waals surface area contributed by atoms with Gasteiger partial charge in [0.25, 0.3) is 0 Å². The standard InChI is InChI=1S/C11H15NS/c1-2-6-10(12)9-13-11-7-4-3-5-8-11/h2-5,7-8,10H,1,6,9,12H2. The molecule has 0 heterocycles. The molecule has 1 aromatic carbocycles. The molecular formula is C11H15NS. The van der Waals surface area contributed by atoms with E-state index in [0.29, 0.717) is 0 Å². The predicted octanol–water partition coefficient (Wildman–Crippen LogP) is 2.68. The van der Waals surface area contributed by atoms with Gasteiger partial charge in [0.15, 0.2) is 0 Å². The van der Waals surface area contributed by atoms with Crippen molar-refractivity contribution in [3.63, 3.8) is 0 Å². The molecule has 1 nitrogen and oxygen atoms in total. The van der Waals surface area contributed by atoms with Gasteiger partial charge in [-0.1, -0.05) is 24.3 Å². The molecule has 1 rings (SSSR count). The van der Waals surface area contributed by atoms with E-state index in [4.69, 9.17) is 5.73 Å². The third kappa shape index (κ3) is 4.15. The third-order valence-corrected chi connectivity index (χ3v) is 2.88. The molecule has 0 amide bonds. The second-order valence-corrected chi connectivity index (χ2v) is 4.00. The minimum Gasteiger partial charge on any atom is -0.327 e. The molecule has 2 heteroatoms. The summed E-state index contributed by atoms with van der Waals surface area (Å²) in [5.41, 5.74) is 5.84. The fourth-order valence-electron chi connectivity index (χ4n) is 1.00. The molecule has 0 aliphatic heterocycles. The Morgan fingerprint density at radius 1 is 1.38 bits per heavy atom. The monoisotopic (exact) mass is 193 g/mol. The maximum absolute atomic E-state index is 5.84. The molecule has 70 valence electrons. The van der Waals surface area contributed by atoms with E-state index in [9.17, 15) is 0 Å². The zero-order chi connectivity index (χ0) is 9.52. The van der Waals surface area contributed by atoms with Crippen molar-refractivity contribution < 1.29 is 0 Å². The lowest BCUT2D eigenvalue weighted by Crippen LogP contribution is -2.21. The maximum Gasteiger partial charge on any atom is 0.0168 e. The van der Waals surface area contributed by atoms with Gasteiger partial charge in [-0.3, -0.25) is 0 Å². The van der Waals surface area contributed by atoms with Crippen LogP contribution in [0.15, 0.2) is 47.9 Å². The van der Waals surface area contributed by atoms with Crippen LogP contribution in [-0.2, 0) is 0 Å². The lowest BCUT2D eigenvalue weighted by Gasteiger charge is -2.07. The highest BCUT2D eigenvalue weighted by Gasteiger charge is 2.00. The van der Waals surface area contributed by atoms with Gasteiger partial charge in [-0.2, -0.15) is 0 Å². The largest absolute Gasteiger partial charge is 0.327 e. The van der Waals surface area contributed by atoms with Crippen molar-refractivity contribution in [1.29, 1.82) is 0 Å². The summed E-state index contributed by atoms with van der Waals surface area (Å²) in [6.07, 6.45) is 2.76. The average Bonchev–Trinajstić information content (AvgIpc) is 2.17. The number of hydrogen-bond acceptors (Lipinski definition) is 2. The topological polar surface area (TPSA) is 26.0 Å². The van der Waals surface area contributed by atoms with Crippen LogP contribution in [0.25, 0.3) is 0 Å². The van der Waals surface area contributed by atoms with E-state index in [1.165, 1.54) is 4.90 Å². The summed E-state index contributed by atoms with van der Waals surface area (Å²) >= 11 is 1.80. The molecule has 2 N–H and O–H groups in total. The molecule has 1 unspecified atom stereocenters. The summed E-state index contributed by atoms with van der Waals surface area (Å²) in [5.74, 6) is 0.954. The van der Waals surface area contributed by atoms with Crippen molar-refractivity contribution in [2.24, 2.45) is 5.73 Å². The molecule has 0 radical (unpaired) electrons. The Morgan fingerprint density at radius 2 is 2.08 bits per heavy atom. The second-order valence-electron chi connectivity index (χ2n) is 2.91. The SMILES string of the molecule is C=CCC(N)CSc1ccccc1. The number of nitrogens with two attached hydrogens (primary N) is 1. The quantitative estimate of drug-likeness (QED) is 0.574. The van der Waals surface area contributed by atoms with Gasteiger partial charge in [-0.05, 0) is 18.6 Å². The number of hydrogen-bond donors (Lipinski definition) is 1. The van der Waals surface area contributed by atoms with Gasteiger partial charge >= 0.3 is 0 Å². The molecule has 1 atom stereocenters. The number of benzene rings is 1. The van der Waals surface area contributed by atoms with Crippen LogP contribution < -0.4 is 5.73 Å². The first kappa shape index (κ1) is 10.4. The zero-order valence-corrected chi connectivity index (χ0v) is 8.46. The molecule has 0 aliphatic carbocycles. The fraction of sp³-hybridized carbons (Fsp3) is 0.273. The normalized spacial score (nSPS) is 12.4. The Kier molecular flexibility index (Phi) is 4.65. The smallest absolute Gasteiger partial charge is 0.0168 e. The Morgan fingerprint density at radius 3 is 2.69 bits per heavy atom. The Hall–Kier alpha value is -0.730. The molecule has 0 aliphatic rings. The molecule has 0 bridgehead atoms. The van der Waals surface area contributed by atoms with Crippen LogP contribution in [0.4, 0.5) is 0 Å². The highest BCUT2D eigenvalue weighted by Crippen LogP contribution is 2.17. The predicted molar refractivity (Wildman–Crippen MR) is 60.0 cm³/mol. The molecule has 0 saturated heterocycles. The van der Waals surface area contributed by atoms with Crippen molar-refractivity contribution in [3.8, 4) is 0 Å². The van der Waals surface area contributed by atoms with Gasteiger partial charge in [0.1, 0.15) is 0 Å². The third-order valence-electron chi connectivity index (χ3n) is 1.68. The first-order valence-electron chi connectivity index (χ1n) is 4.37. The Labute approximate surface area is 84.0 Å². The van der Waals surface area contributed by atoms with E-state index in [1.807, 2.05) is 24.3 Å². The van der Waals surface area contributed by atoms with Gasteiger partial charge in [0.2, 0.25) is 0 Å². The second kappa shape index (κ2) is 5.84. The van der Waals surface area contributed by atoms with Gasteiger partial charge < -0.3 is 5.73 Å². The van der Waals surface area contributed by atoms with Gasteiger partial charge in [-0.15, -0.1) is 18.3 Å². The van der Waals surface area contributed by atoms with Crippen LogP contribution in [0.5, 0.6) is 0 Å². The molecule has 0 aromatic heterocycles. The lowest BCUT2D eigenvalue weighted by molar-refractivity contribution is 0.769. The zero-order valence-electron chi connectivity index (χ0n) is 7.65. The lowest BCUT2D eigenvalue weighted by atomic mass is 10.2. The Balaban J connectivity index is 2.30. The summed E-state index contributed by atoms with van der Waals surface area (Å²) < 4.78 is 0. The minimum absolute atomic E-state index is 0.225. The summed E-state index contributed by atoms with van der Waals surface area (Å²) in [6, 6.07) is 10.5. The molecular weight excluding hydrogens is 178 g/mol. The summed E-state index contributed by atoms with van der Waals surface area (Å²) in [4.78, 5) is 1.28. The van der Waals surface area contributed by atoms with E-state index in [2.05, 4.69) is 18.7 Å². The van der Waals surface area contributed by atoms with Crippen LogP contribution in [0, 0.1) is 0 Å². The van der Waals surface area contributed by atoms with Gasteiger partial charge in [0.05, 0.1) is 0 Å². The first-order valence-corrected chi connectivity index (χ1v) is 5.36. The maximum atomic E-state index is 5.84. The summed E-state index contributed by atoms with van der Waals surface area (Å²) in [5, 5.41) is 0. The van der Waals surface area contributed by atoms with Crippen molar-refractivity contribution in [3.05, 3.63) is 43.0 Å². The van der Waals surface area contributed by atoms with E-state index >= 15 is 0 Å². The molecule has 0 spiro atoms. The summed E-state index contributed by atoms with van der Waals surface area (Å²) in [6.45, 7) is 3.67. The summed E-state index contributed by atoms with van der Waals surface area (Å²) in [7, 11) is 0. The van der Waals surface area contributed by atoms with E-state index in [-0.39, 0.29) is 6.04 Å². The molecule has 1 aromatic rings. The van der Waals surface area contributed by atoms with Crippen molar-refractivity contribution in [1.82, 2.24) is 0 Å². The van der Waals surface area contributed by atoms with Crippen LogP contribution in [0.2, 0.25) is 0 Å². The number of rotatable bonds is 5. The molecule has 0 saturated carbocycles. The Bertz CT molecular complexity index is 246. The van der Waals surface area contributed by atoms with Crippen LogP contribution >= 0.6 is 11.8 Å². The van der Waals surface area contributed by atoms with Crippen molar-refractivity contribution in [2.75, 3.05) is 5.75 Å². The van der Waals surface area contributed by atoms with Crippen LogP contribution in [0.1, 0.15) is 6.42 Å².